The molecule has 1 amide bonds. The third-order valence-electron chi connectivity index (χ3n) is 4.62. The summed E-state index contributed by atoms with van der Waals surface area (Å²) in [4.78, 5) is 13.0. The Labute approximate surface area is 176 Å². The van der Waals surface area contributed by atoms with Gasteiger partial charge in [-0.2, -0.15) is 5.10 Å². The monoisotopic (exact) mass is 400 g/mol. The lowest BCUT2D eigenvalue weighted by Gasteiger charge is -2.16. The fraction of sp³-hybridized carbons (Fsp3) is 0.125. The van der Waals surface area contributed by atoms with Crippen molar-refractivity contribution in [1.82, 2.24) is 0 Å². The standard InChI is InChI=1S/C24H24N4O2/c1-17(18-13-15-21(30-2)16-14-18)22(25)23(28-27-20-11-7-4-8-12-20)24(29)26-19-9-5-3-6-10-19/h3-17,25,27H,1-2H3,(H,26,29)/b25-22?,28-23+. The van der Waals surface area contributed by atoms with E-state index in [0.717, 1.165) is 17.0 Å². The highest BCUT2D eigenvalue weighted by atomic mass is 16.5. The smallest absolute Gasteiger partial charge is 0.277 e. The number of carbonyl (C=O) groups is 1. The maximum Gasteiger partial charge on any atom is 0.277 e. The number of amides is 1. The van der Waals surface area contributed by atoms with Crippen molar-refractivity contribution < 1.29 is 9.53 Å². The molecule has 0 aliphatic rings. The Morgan fingerprint density at radius 1 is 0.900 bits per heavy atom. The van der Waals surface area contributed by atoms with Crippen LogP contribution in [0.15, 0.2) is 90.0 Å². The Kier molecular flexibility index (Phi) is 6.95. The van der Waals surface area contributed by atoms with E-state index in [-0.39, 0.29) is 17.3 Å². The molecule has 3 aromatic carbocycles. The number of nitrogens with zero attached hydrogens (tertiary/aromatic N) is 1. The van der Waals surface area contributed by atoms with Gasteiger partial charge in [0.05, 0.1) is 18.5 Å². The number of rotatable bonds is 8. The molecule has 3 rings (SSSR count). The first-order chi connectivity index (χ1) is 14.6. The normalized spacial score (nSPS) is 12.0. The summed E-state index contributed by atoms with van der Waals surface area (Å²) in [6.45, 7) is 1.87. The first-order valence-electron chi connectivity index (χ1n) is 9.56. The SMILES string of the molecule is COc1ccc(C(C)C(=N)/C(=N\Nc2ccccc2)C(=O)Nc2ccccc2)cc1. The molecule has 1 unspecified atom stereocenters. The van der Waals surface area contributed by atoms with Gasteiger partial charge in [0.1, 0.15) is 5.75 Å². The molecule has 0 saturated carbocycles. The summed E-state index contributed by atoms with van der Waals surface area (Å²) in [6, 6.07) is 25.9. The summed E-state index contributed by atoms with van der Waals surface area (Å²) in [5.41, 5.74) is 5.27. The van der Waals surface area contributed by atoms with Gasteiger partial charge in [-0.15, -0.1) is 0 Å². The Bertz CT molecular complexity index is 1020. The molecule has 1 atom stereocenters. The highest BCUT2D eigenvalue weighted by Crippen LogP contribution is 2.21. The summed E-state index contributed by atoms with van der Waals surface area (Å²) < 4.78 is 5.20. The number of para-hydroxylation sites is 2. The molecule has 0 bridgehead atoms. The van der Waals surface area contributed by atoms with Crippen molar-refractivity contribution in [2.75, 3.05) is 17.9 Å². The van der Waals surface area contributed by atoms with E-state index < -0.39 is 5.91 Å². The number of hydrogen-bond acceptors (Lipinski definition) is 5. The molecular formula is C24H24N4O2. The highest BCUT2D eigenvalue weighted by molar-refractivity contribution is 6.69. The van der Waals surface area contributed by atoms with E-state index in [4.69, 9.17) is 10.1 Å². The zero-order valence-electron chi connectivity index (χ0n) is 16.9. The van der Waals surface area contributed by atoms with Crippen LogP contribution in [0.2, 0.25) is 0 Å². The average Bonchev–Trinajstić information content (AvgIpc) is 2.80. The van der Waals surface area contributed by atoms with Gasteiger partial charge in [-0.25, -0.2) is 0 Å². The van der Waals surface area contributed by atoms with Gasteiger partial charge in [0.25, 0.3) is 5.91 Å². The maximum atomic E-state index is 13.0. The van der Waals surface area contributed by atoms with Gasteiger partial charge in [-0.05, 0) is 42.0 Å². The van der Waals surface area contributed by atoms with Crippen LogP contribution in [0.3, 0.4) is 0 Å². The van der Waals surface area contributed by atoms with Crippen LogP contribution in [0.1, 0.15) is 18.4 Å². The molecule has 0 aromatic heterocycles. The van der Waals surface area contributed by atoms with Crippen LogP contribution in [0, 0.1) is 5.41 Å². The van der Waals surface area contributed by atoms with Gasteiger partial charge in [-0.1, -0.05) is 55.5 Å². The number of hydrazone groups is 1. The number of carbonyl (C=O) groups excluding carboxylic acids is 1. The van der Waals surface area contributed by atoms with Crippen LogP contribution >= 0.6 is 0 Å². The second kappa shape index (κ2) is 10.0. The second-order valence-electron chi connectivity index (χ2n) is 6.67. The second-order valence-corrected chi connectivity index (χ2v) is 6.67. The lowest BCUT2D eigenvalue weighted by Crippen LogP contribution is -2.33. The first-order valence-corrected chi connectivity index (χ1v) is 9.56. The number of nitrogens with one attached hydrogen (secondary N) is 3. The fourth-order valence-electron chi connectivity index (χ4n) is 2.84. The van der Waals surface area contributed by atoms with E-state index in [1.807, 2.05) is 79.7 Å². The molecule has 0 heterocycles. The van der Waals surface area contributed by atoms with E-state index >= 15 is 0 Å². The molecule has 0 fully saturated rings. The van der Waals surface area contributed by atoms with Gasteiger partial charge in [-0.3, -0.25) is 10.2 Å². The van der Waals surface area contributed by atoms with E-state index in [0.29, 0.717) is 5.69 Å². The van der Waals surface area contributed by atoms with Crippen molar-refractivity contribution in [2.24, 2.45) is 5.10 Å². The molecule has 3 aromatic rings. The average molecular weight is 400 g/mol. The molecule has 6 nitrogen and oxygen atoms in total. The molecule has 152 valence electrons. The molecule has 0 saturated heterocycles. The van der Waals surface area contributed by atoms with Crippen molar-refractivity contribution in [3.63, 3.8) is 0 Å². The fourth-order valence-corrected chi connectivity index (χ4v) is 2.84. The lowest BCUT2D eigenvalue weighted by molar-refractivity contribution is -0.110. The third kappa shape index (κ3) is 5.32. The predicted molar refractivity (Wildman–Crippen MR) is 122 cm³/mol. The Hall–Kier alpha value is -3.93. The van der Waals surface area contributed by atoms with Crippen molar-refractivity contribution >= 4 is 28.7 Å². The van der Waals surface area contributed by atoms with Crippen molar-refractivity contribution in [3.8, 4) is 5.75 Å². The zero-order valence-corrected chi connectivity index (χ0v) is 16.9. The quantitative estimate of drug-likeness (QED) is 0.370. The van der Waals surface area contributed by atoms with Gasteiger partial charge < -0.3 is 15.5 Å². The summed E-state index contributed by atoms with van der Waals surface area (Å²) in [5.74, 6) is -0.0531. The van der Waals surface area contributed by atoms with E-state index in [2.05, 4.69) is 15.8 Å². The summed E-state index contributed by atoms with van der Waals surface area (Å²) >= 11 is 0. The first kappa shape index (κ1) is 20.8. The zero-order chi connectivity index (χ0) is 21.3. The molecular weight excluding hydrogens is 376 g/mol. The van der Waals surface area contributed by atoms with Gasteiger partial charge in [0.2, 0.25) is 0 Å². The Morgan fingerprint density at radius 2 is 1.47 bits per heavy atom. The Morgan fingerprint density at radius 3 is 2.03 bits per heavy atom. The molecule has 0 spiro atoms. The molecule has 3 N–H and O–H groups in total. The molecule has 0 aliphatic carbocycles. The minimum Gasteiger partial charge on any atom is -0.497 e. The number of benzene rings is 3. The van der Waals surface area contributed by atoms with Crippen LogP contribution in [-0.2, 0) is 4.79 Å². The van der Waals surface area contributed by atoms with Crippen LogP contribution in [0.4, 0.5) is 11.4 Å². The van der Waals surface area contributed by atoms with Crippen LogP contribution < -0.4 is 15.5 Å². The Balaban J connectivity index is 1.86. The van der Waals surface area contributed by atoms with Gasteiger partial charge >= 0.3 is 0 Å². The summed E-state index contributed by atoms with van der Waals surface area (Å²) in [6.07, 6.45) is 0. The topological polar surface area (TPSA) is 86.6 Å². The van der Waals surface area contributed by atoms with Crippen molar-refractivity contribution in [2.45, 2.75) is 12.8 Å². The van der Waals surface area contributed by atoms with Gasteiger partial charge in [0, 0.05) is 11.6 Å². The number of methoxy groups -OCH3 is 1. The van der Waals surface area contributed by atoms with Crippen LogP contribution in [0.5, 0.6) is 5.75 Å². The largest absolute Gasteiger partial charge is 0.497 e. The van der Waals surface area contributed by atoms with Crippen LogP contribution in [0.25, 0.3) is 0 Å². The van der Waals surface area contributed by atoms with E-state index in [1.54, 1.807) is 19.2 Å². The third-order valence-corrected chi connectivity index (χ3v) is 4.62. The molecule has 0 aliphatic heterocycles. The lowest BCUT2D eigenvalue weighted by atomic mass is 9.93. The molecule has 0 radical (unpaired) electrons. The highest BCUT2D eigenvalue weighted by Gasteiger charge is 2.23. The summed E-state index contributed by atoms with van der Waals surface area (Å²) in [7, 11) is 1.61. The maximum absolute atomic E-state index is 13.0. The number of hydrogen-bond donors (Lipinski definition) is 3. The number of ether oxygens (including phenoxy) is 1. The molecule has 6 heteroatoms. The van der Waals surface area contributed by atoms with Crippen molar-refractivity contribution in [3.05, 3.63) is 90.5 Å². The van der Waals surface area contributed by atoms with E-state index in [9.17, 15) is 4.79 Å². The van der Waals surface area contributed by atoms with Gasteiger partial charge in [0.15, 0.2) is 5.71 Å². The van der Waals surface area contributed by atoms with E-state index in [1.165, 1.54) is 0 Å². The van der Waals surface area contributed by atoms with Crippen molar-refractivity contribution in [1.29, 1.82) is 5.41 Å². The number of anilines is 2. The molecule has 30 heavy (non-hydrogen) atoms. The summed E-state index contributed by atoms with van der Waals surface area (Å²) in [5, 5.41) is 15.8. The van der Waals surface area contributed by atoms with Crippen LogP contribution in [-0.4, -0.2) is 24.4 Å². The minimum absolute atomic E-state index is 0.0195. The predicted octanol–water partition coefficient (Wildman–Crippen LogP) is 4.93. The minimum atomic E-state index is -0.449.